The van der Waals surface area contributed by atoms with E-state index in [1.54, 1.807) is 48.5 Å². The fourth-order valence-corrected chi connectivity index (χ4v) is 6.38. The van der Waals surface area contributed by atoms with Crippen molar-refractivity contribution < 1.29 is 22.7 Å². The Kier molecular flexibility index (Phi) is 6.02. The maximum atomic E-state index is 13.5. The molecule has 1 fully saturated rings. The third-order valence-electron chi connectivity index (χ3n) is 5.63. The van der Waals surface area contributed by atoms with E-state index in [-0.39, 0.29) is 4.34 Å². The van der Waals surface area contributed by atoms with Crippen LogP contribution >= 0.6 is 11.3 Å². The lowest BCUT2D eigenvalue weighted by Gasteiger charge is -2.34. The Balaban J connectivity index is 1.65. The van der Waals surface area contributed by atoms with Crippen LogP contribution in [-0.2, 0) is 30.0 Å². The SMILES string of the molecule is CO[C@@H]1O[C@@](C=O)(c2ccccc2)N(NS(=O)(=O)c2nc3ccccc3s2)[C@H]1c1ccccc1. The number of methoxy groups -OCH3 is 1. The first-order valence-electron chi connectivity index (χ1n) is 10.4. The van der Waals surface area contributed by atoms with Gasteiger partial charge in [0.15, 0.2) is 12.6 Å². The molecule has 8 nitrogen and oxygen atoms in total. The summed E-state index contributed by atoms with van der Waals surface area (Å²) in [6.45, 7) is 0. The standard InChI is InChI=1S/C24H21N3O5S2/c1-31-22-21(17-10-4-2-5-11-17)27(24(16-28,32-22)18-12-6-3-7-13-18)26-34(29,30)23-25-19-14-8-9-15-20(19)33-23/h2-16,21-22,26H,1H3/t21-,22+,24-/m0/s1. The van der Waals surface area contributed by atoms with Gasteiger partial charge in [-0.3, -0.25) is 4.79 Å². The molecule has 1 saturated heterocycles. The van der Waals surface area contributed by atoms with Crippen LogP contribution in [-0.4, -0.2) is 38.1 Å². The van der Waals surface area contributed by atoms with Gasteiger partial charge in [-0.25, -0.2) is 13.4 Å². The molecule has 0 spiro atoms. The summed E-state index contributed by atoms with van der Waals surface area (Å²) in [5.74, 6) is 0. The summed E-state index contributed by atoms with van der Waals surface area (Å²) in [6, 6.07) is 24.3. The predicted molar refractivity (Wildman–Crippen MR) is 127 cm³/mol. The number of nitrogens with one attached hydrogen (secondary N) is 1. The molecule has 2 heterocycles. The first kappa shape index (κ1) is 22.8. The molecule has 10 heteroatoms. The van der Waals surface area contributed by atoms with Gasteiger partial charge in [0.05, 0.1) is 10.2 Å². The van der Waals surface area contributed by atoms with Crippen LogP contribution in [0.4, 0.5) is 0 Å². The zero-order chi connectivity index (χ0) is 23.8. The number of hydrazine groups is 1. The Labute approximate surface area is 200 Å². The smallest absolute Gasteiger partial charge is 0.280 e. The van der Waals surface area contributed by atoms with Crippen LogP contribution < -0.4 is 4.83 Å². The second-order valence-corrected chi connectivity index (χ2v) is 10.5. The molecule has 174 valence electrons. The van der Waals surface area contributed by atoms with E-state index in [2.05, 4.69) is 9.82 Å². The fraction of sp³-hybridized carbons (Fsp3) is 0.167. The van der Waals surface area contributed by atoms with Gasteiger partial charge >= 0.3 is 0 Å². The van der Waals surface area contributed by atoms with Crippen molar-refractivity contribution in [3.63, 3.8) is 0 Å². The molecule has 1 aromatic heterocycles. The van der Waals surface area contributed by atoms with Gasteiger partial charge in [-0.15, -0.1) is 16.2 Å². The number of benzene rings is 3. The number of rotatable bonds is 7. The van der Waals surface area contributed by atoms with Crippen molar-refractivity contribution in [1.29, 1.82) is 0 Å². The van der Waals surface area contributed by atoms with E-state index >= 15 is 0 Å². The summed E-state index contributed by atoms with van der Waals surface area (Å²) in [4.78, 5) is 19.6. The van der Waals surface area contributed by atoms with Gasteiger partial charge in [0.1, 0.15) is 6.04 Å². The molecule has 1 N–H and O–H groups in total. The average Bonchev–Trinajstić information content (AvgIpc) is 3.45. The fourth-order valence-electron chi connectivity index (χ4n) is 4.06. The number of hydrogen-bond acceptors (Lipinski definition) is 8. The largest absolute Gasteiger partial charge is 0.354 e. The van der Waals surface area contributed by atoms with Gasteiger partial charge in [-0.05, 0) is 17.7 Å². The Morgan fingerprint density at radius 1 is 1.03 bits per heavy atom. The molecule has 34 heavy (non-hydrogen) atoms. The Bertz CT molecular complexity index is 1380. The Morgan fingerprint density at radius 3 is 2.32 bits per heavy atom. The number of carbonyl (C=O) groups excluding carboxylic acids is 1. The topological polar surface area (TPSA) is 97.8 Å². The maximum absolute atomic E-state index is 13.5. The molecule has 0 amide bonds. The Morgan fingerprint density at radius 2 is 1.68 bits per heavy atom. The summed E-state index contributed by atoms with van der Waals surface area (Å²) in [5, 5.41) is 1.31. The van der Waals surface area contributed by atoms with Gasteiger partial charge in [0.25, 0.3) is 10.0 Å². The number of fused-ring (bicyclic) bond motifs is 1. The van der Waals surface area contributed by atoms with Crippen molar-refractivity contribution in [1.82, 2.24) is 14.8 Å². The molecule has 4 aromatic rings. The van der Waals surface area contributed by atoms with Crippen LogP contribution in [0, 0.1) is 0 Å². The van der Waals surface area contributed by atoms with Gasteiger partial charge in [0, 0.05) is 12.7 Å². The second-order valence-electron chi connectivity index (χ2n) is 7.67. The van der Waals surface area contributed by atoms with Crippen molar-refractivity contribution >= 4 is 37.9 Å². The lowest BCUT2D eigenvalue weighted by molar-refractivity contribution is -0.181. The number of thiazole rings is 1. The highest BCUT2D eigenvalue weighted by Gasteiger charge is 2.57. The summed E-state index contributed by atoms with van der Waals surface area (Å²) in [6.07, 6.45) is -0.357. The minimum absolute atomic E-state index is 0.116. The number of carbonyl (C=O) groups is 1. The lowest BCUT2D eigenvalue weighted by Crippen LogP contribution is -2.54. The molecular weight excluding hydrogens is 474 g/mol. The average molecular weight is 496 g/mol. The zero-order valence-corrected chi connectivity index (χ0v) is 19.7. The molecule has 5 rings (SSSR count). The lowest BCUT2D eigenvalue weighted by atomic mass is 10.0. The van der Waals surface area contributed by atoms with Gasteiger partial charge in [-0.1, -0.05) is 72.8 Å². The molecule has 0 saturated carbocycles. The molecule has 3 aromatic carbocycles. The third kappa shape index (κ3) is 3.84. The number of para-hydroxylation sites is 1. The van der Waals surface area contributed by atoms with E-state index in [4.69, 9.17) is 9.47 Å². The van der Waals surface area contributed by atoms with Gasteiger partial charge in [-0.2, -0.15) is 5.01 Å². The van der Waals surface area contributed by atoms with E-state index in [1.165, 1.54) is 12.1 Å². The number of ether oxygens (including phenoxy) is 2. The monoisotopic (exact) mass is 495 g/mol. The molecule has 0 radical (unpaired) electrons. The highest BCUT2D eigenvalue weighted by atomic mass is 32.2. The first-order valence-corrected chi connectivity index (χ1v) is 12.7. The van der Waals surface area contributed by atoms with Gasteiger partial charge in [0.2, 0.25) is 10.1 Å². The van der Waals surface area contributed by atoms with Crippen molar-refractivity contribution in [2.45, 2.75) is 22.4 Å². The van der Waals surface area contributed by atoms with E-state index in [1.807, 2.05) is 36.4 Å². The number of nitrogens with zero attached hydrogens (tertiary/aromatic N) is 2. The van der Waals surface area contributed by atoms with Crippen LogP contribution in [0.25, 0.3) is 10.2 Å². The zero-order valence-electron chi connectivity index (χ0n) is 18.1. The van der Waals surface area contributed by atoms with Crippen LogP contribution in [0.3, 0.4) is 0 Å². The Hall–Kier alpha value is -2.99. The van der Waals surface area contributed by atoms with Crippen molar-refractivity contribution in [2.24, 2.45) is 0 Å². The molecule has 0 bridgehead atoms. The summed E-state index contributed by atoms with van der Waals surface area (Å²) < 4.78 is 39.4. The third-order valence-corrected chi connectivity index (χ3v) is 8.36. The van der Waals surface area contributed by atoms with Crippen LogP contribution in [0.15, 0.2) is 89.3 Å². The minimum atomic E-state index is -4.18. The minimum Gasteiger partial charge on any atom is -0.354 e. The first-order chi connectivity index (χ1) is 16.5. The summed E-state index contributed by atoms with van der Waals surface area (Å²) in [7, 11) is -2.73. The summed E-state index contributed by atoms with van der Waals surface area (Å²) in [5.41, 5.74) is -0.0326. The second kappa shape index (κ2) is 8.99. The number of sulfonamides is 1. The molecule has 1 aliphatic rings. The van der Waals surface area contributed by atoms with Gasteiger partial charge < -0.3 is 9.47 Å². The quantitative estimate of drug-likeness (QED) is 0.391. The summed E-state index contributed by atoms with van der Waals surface area (Å²) >= 11 is 1.05. The van der Waals surface area contributed by atoms with E-state index in [0.29, 0.717) is 22.9 Å². The van der Waals surface area contributed by atoms with Crippen molar-refractivity contribution in [3.05, 3.63) is 96.1 Å². The van der Waals surface area contributed by atoms with Crippen molar-refractivity contribution in [2.75, 3.05) is 7.11 Å². The van der Waals surface area contributed by atoms with E-state index in [0.717, 1.165) is 16.0 Å². The van der Waals surface area contributed by atoms with Crippen LogP contribution in [0.2, 0.25) is 0 Å². The highest BCUT2D eigenvalue weighted by molar-refractivity contribution is 7.91. The van der Waals surface area contributed by atoms with Crippen LogP contribution in [0.5, 0.6) is 0 Å². The normalized spacial score (nSPS) is 23.3. The molecule has 1 aliphatic heterocycles. The number of aromatic nitrogens is 1. The molecule has 0 aliphatic carbocycles. The predicted octanol–water partition coefficient (Wildman–Crippen LogP) is 3.59. The van der Waals surface area contributed by atoms with E-state index in [9.17, 15) is 13.2 Å². The molecule has 3 atom stereocenters. The molecule has 0 unspecified atom stereocenters. The van der Waals surface area contributed by atoms with Crippen molar-refractivity contribution in [3.8, 4) is 0 Å². The molecular formula is C24H21N3O5S2. The maximum Gasteiger partial charge on any atom is 0.280 e. The number of hydrogen-bond donors (Lipinski definition) is 1. The van der Waals surface area contributed by atoms with Crippen LogP contribution in [0.1, 0.15) is 17.2 Å². The number of aldehydes is 1. The highest BCUT2D eigenvalue weighted by Crippen LogP contribution is 2.45. The van der Waals surface area contributed by atoms with E-state index < -0.39 is 28.1 Å².